The molecule has 4 rings (SSSR count). The summed E-state index contributed by atoms with van der Waals surface area (Å²) in [6.07, 6.45) is 1.53. The number of rotatable bonds is 1. The zero-order valence-corrected chi connectivity index (χ0v) is 11.8. The molecule has 0 saturated carbocycles. The van der Waals surface area contributed by atoms with E-state index in [-0.39, 0.29) is 5.91 Å². The lowest BCUT2D eigenvalue weighted by molar-refractivity contribution is 0.0972. The zero-order valence-electron chi connectivity index (χ0n) is 11.8. The van der Waals surface area contributed by atoms with Gasteiger partial charge in [-0.25, -0.2) is 4.98 Å². The van der Waals surface area contributed by atoms with E-state index in [4.69, 9.17) is 4.74 Å². The Morgan fingerprint density at radius 1 is 1.05 bits per heavy atom. The predicted octanol–water partition coefficient (Wildman–Crippen LogP) is 2.67. The van der Waals surface area contributed by atoms with Crippen LogP contribution in [0.15, 0.2) is 54.7 Å². The summed E-state index contributed by atoms with van der Waals surface area (Å²) in [4.78, 5) is 23.2. The van der Waals surface area contributed by atoms with Crippen LogP contribution >= 0.6 is 0 Å². The smallest absolute Gasteiger partial charge is 0.278 e. The number of nitrogens with zero attached hydrogens (tertiary/aromatic N) is 3. The van der Waals surface area contributed by atoms with E-state index in [2.05, 4.69) is 9.97 Å². The molecule has 0 radical (unpaired) electrons. The van der Waals surface area contributed by atoms with Gasteiger partial charge in [-0.2, -0.15) is 0 Å². The highest BCUT2D eigenvalue weighted by atomic mass is 16.5. The van der Waals surface area contributed by atoms with Gasteiger partial charge in [-0.15, -0.1) is 0 Å². The number of hydrogen-bond acceptors (Lipinski definition) is 4. The number of para-hydroxylation sites is 4. The van der Waals surface area contributed by atoms with Crippen LogP contribution in [0.3, 0.4) is 0 Å². The molecule has 3 aromatic rings. The maximum Gasteiger partial charge on any atom is 0.278 e. The highest BCUT2D eigenvalue weighted by Gasteiger charge is 2.25. The third kappa shape index (κ3) is 2.07. The summed E-state index contributed by atoms with van der Waals surface area (Å²) in [6.45, 7) is 0.980. The van der Waals surface area contributed by atoms with Crippen molar-refractivity contribution >= 4 is 22.6 Å². The zero-order chi connectivity index (χ0) is 14.9. The molecule has 5 heteroatoms. The van der Waals surface area contributed by atoms with Crippen molar-refractivity contribution in [2.24, 2.45) is 0 Å². The number of benzene rings is 2. The molecule has 1 aliphatic rings. The second-order valence-electron chi connectivity index (χ2n) is 5.02. The molecule has 0 aliphatic carbocycles. The maximum atomic E-state index is 12.8. The number of hydrogen-bond donors (Lipinski definition) is 0. The van der Waals surface area contributed by atoms with E-state index in [9.17, 15) is 4.79 Å². The first-order valence-electron chi connectivity index (χ1n) is 7.08. The van der Waals surface area contributed by atoms with Crippen molar-refractivity contribution in [2.75, 3.05) is 18.1 Å². The van der Waals surface area contributed by atoms with Gasteiger partial charge < -0.3 is 9.64 Å². The summed E-state index contributed by atoms with van der Waals surface area (Å²) in [6, 6.07) is 15.0. The van der Waals surface area contributed by atoms with Crippen LogP contribution in [0.25, 0.3) is 11.0 Å². The van der Waals surface area contributed by atoms with Gasteiger partial charge in [-0.05, 0) is 24.3 Å². The van der Waals surface area contributed by atoms with E-state index >= 15 is 0 Å². The van der Waals surface area contributed by atoms with Gasteiger partial charge in [0.25, 0.3) is 5.91 Å². The first-order valence-corrected chi connectivity index (χ1v) is 7.08. The van der Waals surface area contributed by atoms with E-state index in [1.165, 1.54) is 6.20 Å². The van der Waals surface area contributed by atoms with E-state index in [1.807, 2.05) is 48.5 Å². The molecule has 2 aromatic carbocycles. The van der Waals surface area contributed by atoms with Gasteiger partial charge in [0.2, 0.25) is 0 Å². The Hall–Kier alpha value is -2.95. The van der Waals surface area contributed by atoms with Gasteiger partial charge in [-0.1, -0.05) is 24.3 Å². The molecule has 1 aromatic heterocycles. The molecular formula is C17H13N3O2. The van der Waals surface area contributed by atoms with Gasteiger partial charge in [0.1, 0.15) is 18.1 Å². The van der Waals surface area contributed by atoms with Crippen molar-refractivity contribution in [2.45, 2.75) is 0 Å². The van der Waals surface area contributed by atoms with E-state index in [1.54, 1.807) is 4.90 Å². The minimum atomic E-state index is -0.158. The molecule has 2 heterocycles. The van der Waals surface area contributed by atoms with Crippen molar-refractivity contribution < 1.29 is 9.53 Å². The van der Waals surface area contributed by atoms with Crippen LogP contribution in [0.5, 0.6) is 5.75 Å². The first-order chi connectivity index (χ1) is 10.8. The molecule has 0 spiro atoms. The molecular weight excluding hydrogens is 278 g/mol. The number of amides is 1. The van der Waals surface area contributed by atoms with E-state index in [0.29, 0.717) is 18.8 Å². The molecule has 0 unspecified atom stereocenters. The van der Waals surface area contributed by atoms with Crippen LogP contribution in [0, 0.1) is 0 Å². The van der Waals surface area contributed by atoms with Crippen LogP contribution < -0.4 is 9.64 Å². The number of carbonyl (C=O) groups excluding carboxylic acids is 1. The standard InChI is InChI=1S/C17H13N3O2/c21-17(14-11-18-12-5-1-2-6-13(12)19-14)20-9-10-22-16-8-4-3-7-15(16)20/h1-8,11H,9-10H2. The molecule has 0 N–H and O–H groups in total. The lowest BCUT2D eigenvalue weighted by atomic mass is 10.2. The second-order valence-corrected chi connectivity index (χ2v) is 5.02. The topological polar surface area (TPSA) is 55.3 Å². The minimum Gasteiger partial charge on any atom is -0.490 e. The molecule has 22 heavy (non-hydrogen) atoms. The monoisotopic (exact) mass is 291 g/mol. The third-order valence-corrected chi connectivity index (χ3v) is 3.64. The Morgan fingerprint density at radius 3 is 2.73 bits per heavy atom. The summed E-state index contributed by atoms with van der Waals surface area (Å²) < 4.78 is 5.58. The van der Waals surface area contributed by atoms with Gasteiger partial charge in [-0.3, -0.25) is 9.78 Å². The Labute approximate surface area is 127 Å². The minimum absolute atomic E-state index is 0.158. The molecule has 1 amide bonds. The van der Waals surface area contributed by atoms with Crippen LogP contribution in [-0.4, -0.2) is 29.0 Å². The fraction of sp³-hybridized carbons (Fsp3) is 0.118. The summed E-state index contributed by atoms with van der Waals surface area (Å²) in [5, 5.41) is 0. The lowest BCUT2D eigenvalue weighted by Crippen LogP contribution is -2.38. The van der Waals surface area contributed by atoms with E-state index < -0.39 is 0 Å². The lowest BCUT2D eigenvalue weighted by Gasteiger charge is -2.29. The van der Waals surface area contributed by atoms with Crippen LogP contribution in [0.2, 0.25) is 0 Å². The van der Waals surface area contributed by atoms with Crippen molar-refractivity contribution in [3.8, 4) is 5.75 Å². The average Bonchev–Trinajstić information content (AvgIpc) is 2.60. The Balaban J connectivity index is 1.75. The van der Waals surface area contributed by atoms with Crippen molar-refractivity contribution in [3.63, 3.8) is 0 Å². The molecule has 0 atom stereocenters. The molecule has 108 valence electrons. The maximum absolute atomic E-state index is 12.8. The molecule has 1 aliphatic heterocycles. The number of carbonyl (C=O) groups is 1. The Morgan fingerprint density at radius 2 is 1.82 bits per heavy atom. The third-order valence-electron chi connectivity index (χ3n) is 3.64. The number of fused-ring (bicyclic) bond motifs is 2. The number of ether oxygens (including phenoxy) is 1. The van der Waals surface area contributed by atoms with Gasteiger partial charge in [0.15, 0.2) is 0 Å². The average molecular weight is 291 g/mol. The van der Waals surface area contributed by atoms with Crippen LogP contribution in [0.4, 0.5) is 5.69 Å². The Bertz CT molecular complexity index is 863. The highest BCUT2D eigenvalue weighted by Crippen LogP contribution is 2.31. The fourth-order valence-electron chi connectivity index (χ4n) is 2.58. The SMILES string of the molecule is O=C(c1cnc2ccccc2n1)N1CCOc2ccccc21. The van der Waals surface area contributed by atoms with Crippen LogP contribution in [-0.2, 0) is 0 Å². The summed E-state index contributed by atoms with van der Waals surface area (Å²) in [5.41, 5.74) is 2.61. The number of anilines is 1. The molecule has 0 fully saturated rings. The molecule has 0 bridgehead atoms. The molecule has 0 saturated heterocycles. The summed E-state index contributed by atoms with van der Waals surface area (Å²) >= 11 is 0. The second kappa shape index (κ2) is 5.11. The fourth-order valence-corrected chi connectivity index (χ4v) is 2.58. The van der Waals surface area contributed by atoms with Crippen molar-refractivity contribution in [1.29, 1.82) is 0 Å². The largest absolute Gasteiger partial charge is 0.490 e. The quantitative estimate of drug-likeness (QED) is 0.691. The van der Waals surface area contributed by atoms with Gasteiger partial charge in [0, 0.05) is 0 Å². The van der Waals surface area contributed by atoms with Crippen LogP contribution in [0.1, 0.15) is 10.5 Å². The first kappa shape index (κ1) is 12.8. The summed E-state index contributed by atoms with van der Waals surface area (Å²) in [7, 11) is 0. The summed E-state index contributed by atoms with van der Waals surface area (Å²) in [5.74, 6) is 0.560. The highest BCUT2D eigenvalue weighted by molar-refractivity contribution is 6.06. The van der Waals surface area contributed by atoms with Crippen molar-refractivity contribution in [1.82, 2.24) is 9.97 Å². The normalized spacial score (nSPS) is 13.5. The Kier molecular flexibility index (Phi) is 2.96. The predicted molar refractivity (Wildman–Crippen MR) is 83.2 cm³/mol. The number of aromatic nitrogens is 2. The van der Waals surface area contributed by atoms with Crippen molar-refractivity contribution in [3.05, 3.63) is 60.4 Å². The van der Waals surface area contributed by atoms with E-state index in [0.717, 1.165) is 22.5 Å². The molecule has 5 nitrogen and oxygen atoms in total. The van der Waals surface area contributed by atoms with Gasteiger partial charge in [0.05, 0.1) is 29.5 Å². The van der Waals surface area contributed by atoms with Gasteiger partial charge >= 0.3 is 0 Å².